The van der Waals surface area contributed by atoms with Gasteiger partial charge in [-0.1, -0.05) is 26.7 Å². The molecule has 36 heavy (non-hydrogen) atoms. The molecular weight excluding hydrogens is 471 g/mol. The smallest absolute Gasteiger partial charge is 0.339 e. The zero-order chi connectivity index (χ0) is 25.9. The van der Waals surface area contributed by atoms with Crippen molar-refractivity contribution in [2.45, 2.75) is 51.6 Å². The Hall–Kier alpha value is -3.69. The Bertz CT molecular complexity index is 1210. The third-order valence-electron chi connectivity index (χ3n) is 6.17. The number of benzene rings is 1. The summed E-state index contributed by atoms with van der Waals surface area (Å²) in [5.74, 6) is -0.404. The molecule has 1 aromatic carbocycles. The molecule has 2 aromatic heterocycles. The number of rotatable bonds is 5. The fraction of sp³-hybridized carbons (Fsp3) is 0.385. The molecule has 3 heterocycles. The van der Waals surface area contributed by atoms with Crippen molar-refractivity contribution in [2.75, 3.05) is 18.4 Å². The predicted molar refractivity (Wildman–Crippen MR) is 129 cm³/mol. The van der Waals surface area contributed by atoms with E-state index in [1.165, 1.54) is 16.9 Å². The van der Waals surface area contributed by atoms with E-state index >= 15 is 0 Å². The Morgan fingerprint density at radius 1 is 0.944 bits per heavy atom. The minimum absolute atomic E-state index is 0.0119. The summed E-state index contributed by atoms with van der Waals surface area (Å²) in [5.41, 5.74) is 1.03. The highest BCUT2D eigenvalue weighted by molar-refractivity contribution is 6.05. The number of halogens is 3. The number of amides is 2. The number of alkyl halides is 3. The summed E-state index contributed by atoms with van der Waals surface area (Å²) in [7, 11) is 0. The molecule has 1 aliphatic rings. The normalized spacial score (nSPS) is 14.6. The first-order chi connectivity index (χ1) is 17.1. The third kappa shape index (κ3) is 5.58. The van der Waals surface area contributed by atoms with Gasteiger partial charge in [-0.2, -0.15) is 18.3 Å². The average Bonchev–Trinajstić information content (AvgIpc) is 3.12. The van der Waals surface area contributed by atoms with Crippen molar-refractivity contribution in [1.29, 1.82) is 0 Å². The lowest BCUT2D eigenvalue weighted by Crippen LogP contribution is -2.31. The van der Waals surface area contributed by atoms with Crippen LogP contribution in [-0.4, -0.2) is 44.6 Å². The van der Waals surface area contributed by atoms with E-state index < -0.39 is 17.6 Å². The van der Waals surface area contributed by atoms with E-state index in [9.17, 15) is 22.8 Å². The summed E-state index contributed by atoms with van der Waals surface area (Å²) in [5, 5.41) is 7.04. The largest absolute Gasteiger partial charge is 0.417 e. The van der Waals surface area contributed by atoms with Crippen molar-refractivity contribution in [1.82, 2.24) is 19.7 Å². The van der Waals surface area contributed by atoms with Crippen LogP contribution < -0.4 is 5.32 Å². The summed E-state index contributed by atoms with van der Waals surface area (Å²) >= 11 is 0. The van der Waals surface area contributed by atoms with Crippen LogP contribution in [0.25, 0.3) is 5.82 Å². The lowest BCUT2D eigenvalue weighted by molar-refractivity contribution is -0.137. The number of pyridine rings is 1. The SMILES string of the molecule is CC(C)c1c(C(=O)Nc2ccc(C(=O)N3CCCCCC3)cc2)cnn1-c1ccc(C(F)(F)F)cn1. The Morgan fingerprint density at radius 3 is 2.17 bits per heavy atom. The van der Waals surface area contributed by atoms with Crippen molar-refractivity contribution in [3.63, 3.8) is 0 Å². The summed E-state index contributed by atoms with van der Waals surface area (Å²) in [6.45, 7) is 5.23. The monoisotopic (exact) mass is 499 g/mol. The first-order valence-electron chi connectivity index (χ1n) is 12.0. The zero-order valence-electron chi connectivity index (χ0n) is 20.2. The van der Waals surface area contributed by atoms with Crippen molar-refractivity contribution in [3.05, 3.63) is 71.2 Å². The van der Waals surface area contributed by atoms with Gasteiger partial charge >= 0.3 is 6.18 Å². The molecule has 0 bridgehead atoms. The fourth-order valence-electron chi connectivity index (χ4n) is 4.30. The summed E-state index contributed by atoms with van der Waals surface area (Å²) < 4.78 is 40.0. The van der Waals surface area contributed by atoms with Crippen LogP contribution in [0.1, 0.15) is 77.4 Å². The third-order valence-corrected chi connectivity index (χ3v) is 6.17. The molecule has 3 aromatic rings. The van der Waals surface area contributed by atoms with Gasteiger partial charge in [0.25, 0.3) is 11.8 Å². The van der Waals surface area contributed by atoms with E-state index in [4.69, 9.17) is 0 Å². The number of nitrogens with zero attached hydrogens (tertiary/aromatic N) is 4. The maximum absolute atomic E-state index is 13.1. The van der Waals surface area contributed by atoms with Gasteiger partial charge in [0.15, 0.2) is 5.82 Å². The van der Waals surface area contributed by atoms with Crippen LogP contribution in [0.3, 0.4) is 0 Å². The molecule has 10 heteroatoms. The zero-order valence-corrected chi connectivity index (χ0v) is 20.2. The molecule has 1 aliphatic heterocycles. The number of hydrogen-bond acceptors (Lipinski definition) is 4. The molecule has 2 amide bonds. The molecule has 1 N–H and O–H groups in total. The van der Waals surface area contributed by atoms with Gasteiger partial charge in [-0.05, 0) is 55.2 Å². The Kier molecular flexibility index (Phi) is 7.42. The van der Waals surface area contributed by atoms with Gasteiger partial charge in [0.05, 0.1) is 23.0 Å². The highest BCUT2D eigenvalue weighted by atomic mass is 19.4. The first kappa shape index (κ1) is 25.4. The number of nitrogens with one attached hydrogen (secondary N) is 1. The summed E-state index contributed by atoms with van der Waals surface area (Å²) in [6.07, 6.45) is 1.92. The van der Waals surface area contributed by atoms with Crippen molar-refractivity contribution in [2.24, 2.45) is 0 Å². The highest BCUT2D eigenvalue weighted by Crippen LogP contribution is 2.29. The van der Waals surface area contributed by atoms with Gasteiger partial charge in [-0.15, -0.1) is 0 Å². The minimum Gasteiger partial charge on any atom is -0.339 e. The van der Waals surface area contributed by atoms with Crippen LogP contribution in [0.15, 0.2) is 48.8 Å². The molecule has 0 radical (unpaired) electrons. The first-order valence-corrected chi connectivity index (χ1v) is 12.0. The number of aromatic nitrogens is 3. The standard InChI is InChI=1S/C26H28F3N5O2/c1-17(2)23-21(16-31-34(23)22-12-9-19(15-30-22)26(27,28)29)24(35)32-20-10-7-18(8-11-20)25(36)33-13-5-3-4-6-14-33/h7-12,15-17H,3-6,13-14H2,1-2H3,(H,32,35). The Labute approximate surface area is 207 Å². The van der Waals surface area contributed by atoms with E-state index in [0.717, 1.165) is 51.0 Å². The molecule has 0 spiro atoms. The molecule has 4 rings (SSSR count). The molecule has 1 saturated heterocycles. The van der Waals surface area contributed by atoms with Gasteiger partial charge < -0.3 is 10.2 Å². The van der Waals surface area contributed by atoms with Crippen LogP contribution in [0.2, 0.25) is 0 Å². The van der Waals surface area contributed by atoms with Crippen LogP contribution >= 0.6 is 0 Å². The second-order valence-electron chi connectivity index (χ2n) is 9.15. The van der Waals surface area contributed by atoms with Gasteiger partial charge in [-0.25, -0.2) is 9.67 Å². The topological polar surface area (TPSA) is 80.1 Å². The molecule has 0 aliphatic carbocycles. The second-order valence-corrected chi connectivity index (χ2v) is 9.15. The fourth-order valence-corrected chi connectivity index (χ4v) is 4.30. The maximum atomic E-state index is 13.1. The lowest BCUT2D eigenvalue weighted by atomic mass is 10.1. The Balaban J connectivity index is 1.51. The number of carbonyl (C=O) groups is 2. The number of anilines is 1. The second kappa shape index (κ2) is 10.5. The molecule has 0 saturated carbocycles. The molecule has 190 valence electrons. The van der Waals surface area contributed by atoms with Gasteiger partial charge in [0.1, 0.15) is 0 Å². The van der Waals surface area contributed by atoms with Crippen LogP contribution in [0.5, 0.6) is 0 Å². The van der Waals surface area contributed by atoms with Crippen molar-refractivity contribution >= 4 is 17.5 Å². The molecule has 0 unspecified atom stereocenters. The summed E-state index contributed by atoms with van der Waals surface area (Å²) in [6, 6.07) is 8.91. The maximum Gasteiger partial charge on any atom is 0.417 e. The van der Waals surface area contributed by atoms with E-state index in [1.807, 2.05) is 18.7 Å². The van der Waals surface area contributed by atoms with Crippen LogP contribution in [0, 0.1) is 0 Å². The summed E-state index contributed by atoms with van der Waals surface area (Å²) in [4.78, 5) is 31.6. The van der Waals surface area contributed by atoms with Crippen LogP contribution in [-0.2, 0) is 6.18 Å². The quantitative estimate of drug-likeness (QED) is 0.490. The number of likely N-dealkylation sites (tertiary alicyclic amines) is 1. The molecule has 0 atom stereocenters. The predicted octanol–water partition coefficient (Wildman–Crippen LogP) is 5.68. The molecule has 7 nitrogen and oxygen atoms in total. The number of carbonyl (C=O) groups excluding carboxylic acids is 2. The van der Waals surface area contributed by atoms with E-state index in [2.05, 4.69) is 15.4 Å². The van der Waals surface area contributed by atoms with Crippen molar-refractivity contribution < 1.29 is 22.8 Å². The lowest BCUT2D eigenvalue weighted by Gasteiger charge is -2.20. The minimum atomic E-state index is -4.49. The van der Waals surface area contributed by atoms with Crippen LogP contribution in [0.4, 0.5) is 18.9 Å². The highest BCUT2D eigenvalue weighted by Gasteiger charge is 2.31. The van der Waals surface area contributed by atoms with Gasteiger partial charge in [-0.3, -0.25) is 9.59 Å². The van der Waals surface area contributed by atoms with Gasteiger partial charge in [0.2, 0.25) is 0 Å². The van der Waals surface area contributed by atoms with E-state index in [-0.39, 0.29) is 23.2 Å². The van der Waals surface area contributed by atoms with Crippen molar-refractivity contribution in [3.8, 4) is 5.82 Å². The molecule has 1 fully saturated rings. The molecular formula is C26H28F3N5O2. The van der Waals surface area contributed by atoms with Gasteiger partial charge in [0, 0.05) is 30.5 Å². The van der Waals surface area contributed by atoms with E-state index in [0.29, 0.717) is 16.9 Å². The van der Waals surface area contributed by atoms with E-state index in [1.54, 1.807) is 24.3 Å². The Morgan fingerprint density at radius 2 is 1.61 bits per heavy atom. The average molecular weight is 500 g/mol. The number of hydrogen-bond donors (Lipinski definition) is 1.